The lowest BCUT2D eigenvalue weighted by Crippen LogP contribution is -2.35. The normalized spacial score (nSPS) is 16.5. The first kappa shape index (κ1) is 18.2. The van der Waals surface area contributed by atoms with E-state index in [0.29, 0.717) is 21.4 Å². The molecule has 0 saturated carbocycles. The number of benzene rings is 2. The van der Waals surface area contributed by atoms with Crippen molar-refractivity contribution >= 4 is 52.0 Å². The SMILES string of the molecule is Cn1c2c(sc1=O)[C@H](c1c(F)cccc1Cl)CC(=O)N2c1ccc(Cl)cc1. The quantitative estimate of drug-likeness (QED) is 0.576. The molecule has 1 atom stereocenters. The van der Waals surface area contributed by atoms with Crippen LogP contribution in [-0.2, 0) is 11.8 Å². The Morgan fingerprint density at radius 1 is 1.11 bits per heavy atom. The van der Waals surface area contributed by atoms with Gasteiger partial charge < -0.3 is 0 Å². The average Bonchev–Trinajstić information content (AvgIpc) is 2.92. The third-order valence-electron chi connectivity index (χ3n) is 4.60. The fourth-order valence-electron chi connectivity index (χ4n) is 3.36. The third kappa shape index (κ3) is 2.98. The molecule has 138 valence electrons. The molecule has 2 aromatic carbocycles. The topological polar surface area (TPSA) is 42.3 Å². The van der Waals surface area contributed by atoms with Gasteiger partial charge in [-0.1, -0.05) is 40.6 Å². The highest BCUT2D eigenvalue weighted by atomic mass is 35.5. The lowest BCUT2D eigenvalue weighted by atomic mass is 9.90. The fourth-order valence-corrected chi connectivity index (χ4v) is 4.85. The second kappa shape index (κ2) is 6.78. The molecule has 0 aliphatic carbocycles. The summed E-state index contributed by atoms with van der Waals surface area (Å²) in [5.41, 5.74) is 0.837. The van der Waals surface area contributed by atoms with Crippen LogP contribution in [0.2, 0.25) is 10.0 Å². The Hall–Kier alpha value is -2.15. The van der Waals surface area contributed by atoms with Gasteiger partial charge in [-0.05, 0) is 36.4 Å². The zero-order valence-corrected chi connectivity index (χ0v) is 16.4. The summed E-state index contributed by atoms with van der Waals surface area (Å²) in [6, 6.07) is 11.2. The smallest absolute Gasteiger partial charge is 0.288 e. The van der Waals surface area contributed by atoms with Gasteiger partial charge in [-0.3, -0.25) is 19.1 Å². The molecule has 2 heterocycles. The van der Waals surface area contributed by atoms with Gasteiger partial charge >= 0.3 is 4.87 Å². The summed E-state index contributed by atoms with van der Waals surface area (Å²) < 4.78 is 15.9. The Morgan fingerprint density at radius 3 is 2.48 bits per heavy atom. The first-order valence-corrected chi connectivity index (χ1v) is 9.68. The molecule has 0 unspecified atom stereocenters. The van der Waals surface area contributed by atoms with Crippen LogP contribution in [0.5, 0.6) is 0 Å². The van der Waals surface area contributed by atoms with Crippen molar-refractivity contribution in [2.75, 3.05) is 4.90 Å². The van der Waals surface area contributed by atoms with E-state index in [9.17, 15) is 14.0 Å². The van der Waals surface area contributed by atoms with Crippen LogP contribution in [0.4, 0.5) is 15.9 Å². The number of carbonyl (C=O) groups is 1. The maximum Gasteiger partial charge on any atom is 0.308 e. The number of carbonyl (C=O) groups excluding carboxylic acids is 1. The van der Waals surface area contributed by atoms with Crippen molar-refractivity contribution in [2.45, 2.75) is 12.3 Å². The molecule has 0 N–H and O–H groups in total. The molecule has 0 radical (unpaired) electrons. The van der Waals surface area contributed by atoms with Crippen LogP contribution in [0.1, 0.15) is 22.8 Å². The summed E-state index contributed by atoms with van der Waals surface area (Å²) in [4.78, 5) is 27.3. The molecule has 1 amide bonds. The summed E-state index contributed by atoms with van der Waals surface area (Å²) >= 11 is 13.2. The molecule has 8 heteroatoms. The van der Waals surface area contributed by atoms with Crippen LogP contribution >= 0.6 is 34.5 Å². The number of thiazole rings is 1. The van der Waals surface area contributed by atoms with Gasteiger partial charge in [0.15, 0.2) is 0 Å². The summed E-state index contributed by atoms with van der Waals surface area (Å²) in [5.74, 6) is -0.909. The van der Waals surface area contributed by atoms with E-state index in [4.69, 9.17) is 23.2 Å². The molecule has 3 aromatic rings. The van der Waals surface area contributed by atoms with E-state index >= 15 is 0 Å². The molecule has 4 nitrogen and oxygen atoms in total. The van der Waals surface area contributed by atoms with Gasteiger partial charge in [0, 0.05) is 35.0 Å². The Labute approximate surface area is 168 Å². The Balaban J connectivity index is 1.94. The molecule has 1 aliphatic rings. The summed E-state index contributed by atoms with van der Waals surface area (Å²) in [5, 5.41) is 0.779. The largest absolute Gasteiger partial charge is 0.308 e. The van der Waals surface area contributed by atoms with E-state index in [1.165, 1.54) is 21.6 Å². The van der Waals surface area contributed by atoms with Crippen LogP contribution in [0, 0.1) is 5.82 Å². The van der Waals surface area contributed by atoms with Crippen LogP contribution in [0.3, 0.4) is 0 Å². The van der Waals surface area contributed by atoms with Gasteiger partial charge in [-0.2, -0.15) is 0 Å². The number of aromatic nitrogens is 1. The van der Waals surface area contributed by atoms with Gasteiger partial charge in [-0.25, -0.2) is 4.39 Å². The van der Waals surface area contributed by atoms with Crippen molar-refractivity contribution in [1.29, 1.82) is 0 Å². The first-order chi connectivity index (χ1) is 12.9. The number of amides is 1. The second-order valence-electron chi connectivity index (χ2n) is 6.21. The minimum Gasteiger partial charge on any atom is -0.288 e. The first-order valence-electron chi connectivity index (χ1n) is 8.10. The van der Waals surface area contributed by atoms with E-state index in [-0.39, 0.29) is 27.8 Å². The Bertz CT molecular complexity index is 1090. The van der Waals surface area contributed by atoms with Gasteiger partial charge in [0.2, 0.25) is 5.91 Å². The molecule has 0 spiro atoms. The van der Waals surface area contributed by atoms with Crippen molar-refractivity contribution in [3.8, 4) is 0 Å². The van der Waals surface area contributed by atoms with Crippen LogP contribution in [0.25, 0.3) is 0 Å². The Kier molecular flexibility index (Phi) is 4.58. The summed E-state index contributed by atoms with van der Waals surface area (Å²) in [6.45, 7) is 0. The molecule has 4 rings (SSSR count). The lowest BCUT2D eigenvalue weighted by molar-refractivity contribution is -0.118. The predicted molar refractivity (Wildman–Crippen MR) is 106 cm³/mol. The zero-order chi connectivity index (χ0) is 19.3. The van der Waals surface area contributed by atoms with Crippen molar-refractivity contribution in [1.82, 2.24) is 4.57 Å². The van der Waals surface area contributed by atoms with E-state index in [1.807, 2.05) is 0 Å². The van der Waals surface area contributed by atoms with E-state index in [0.717, 1.165) is 11.3 Å². The number of anilines is 2. The van der Waals surface area contributed by atoms with Crippen LogP contribution in [-0.4, -0.2) is 10.5 Å². The maximum atomic E-state index is 14.5. The fraction of sp³-hybridized carbons (Fsp3) is 0.158. The Morgan fingerprint density at radius 2 is 1.81 bits per heavy atom. The monoisotopic (exact) mass is 422 g/mol. The van der Waals surface area contributed by atoms with Gasteiger partial charge in [0.25, 0.3) is 0 Å². The molecule has 0 saturated heterocycles. The number of nitrogens with zero attached hydrogens (tertiary/aromatic N) is 2. The molecular formula is C19H13Cl2FN2O2S. The van der Waals surface area contributed by atoms with E-state index < -0.39 is 11.7 Å². The molecule has 1 aliphatic heterocycles. The summed E-state index contributed by atoms with van der Waals surface area (Å²) in [6.07, 6.45) is 0.0102. The third-order valence-corrected chi connectivity index (χ3v) is 6.32. The lowest BCUT2D eigenvalue weighted by Gasteiger charge is -2.32. The van der Waals surface area contributed by atoms with E-state index in [2.05, 4.69) is 0 Å². The highest BCUT2D eigenvalue weighted by molar-refractivity contribution is 7.10. The molecule has 27 heavy (non-hydrogen) atoms. The van der Waals surface area contributed by atoms with E-state index in [1.54, 1.807) is 37.4 Å². The van der Waals surface area contributed by atoms with Gasteiger partial charge in [-0.15, -0.1) is 0 Å². The van der Waals surface area contributed by atoms with Gasteiger partial charge in [0.1, 0.15) is 11.6 Å². The minimum absolute atomic E-state index is 0.0102. The minimum atomic E-state index is -0.608. The number of rotatable bonds is 2. The summed E-state index contributed by atoms with van der Waals surface area (Å²) in [7, 11) is 1.60. The van der Waals surface area contributed by atoms with Gasteiger partial charge in [0.05, 0.1) is 10.6 Å². The highest BCUT2D eigenvalue weighted by Crippen LogP contribution is 2.46. The predicted octanol–water partition coefficient (Wildman–Crippen LogP) is 5.09. The maximum absolute atomic E-state index is 14.5. The molecule has 0 bridgehead atoms. The number of hydrogen-bond donors (Lipinski definition) is 0. The highest BCUT2D eigenvalue weighted by Gasteiger charge is 2.39. The van der Waals surface area contributed by atoms with Crippen LogP contribution in [0.15, 0.2) is 47.3 Å². The van der Waals surface area contributed by atoms with Crippen molar-refractivity contribution in [2.24, 2.45) is 7.05 Å². The number of fused-ring (bicyclic) bond motifs is 1. The molecule has 1 aromatic heterocycles. The number of hydrogen-bond acceptors (Lipinski definition) is 3. The zero-order valence-electron chi connectivity index (χ0n) is 14.1. The average molecular weight is 423 g/mol. The van der Waals surface area contributed by atoms with Crippen LogP contribution < -0.4 is 9.77 Å². The number of halogens is 3. The second-order valence-corrected chi connectivity index (χ2v) is 8.05. The van der Waals surface area contributed by atoms with Crippen molar-refractivity contribution in [3.63, 3.8) is 0 Å². The molecular weight excluding hydrogens is 410 g/mol. The van der Waals surface area contributed by atoms with Crippen molar-refractivity contribution in [3.05, 3.63) is 78.4 Å². The standard InChI is InChI=1S/C19H13Cl2FN2O2S/c1-23-18-17(27-19(23)26)12(16-13(21)3-2-4-14(16)22)9-15(25)24(18)11-7-5-10(20)6-8-11/h2-8,12H,9H2,1H3/t12-/m0/s1. The van der Waals surface area contributed by atoms with Crippen molar-refractivity contribution < 1.29 is 9.18 Å². The molecule has 0 fully saturated rings.